The third kappa shape index (κ3) is 4.94. The van der Waals surface area contributed by atoms with Crippen LogP contribution in [0.4, 0.5) is 0 Å². The summed E-state index contributed by atoms with van der Waals surface area (Å²) in [6.45, 7) is 3.88. The maximum Gasteiger partial charge on any atom is 0.255 e. The lowest BCUT2D eigenvalue weighted by Crippen LogP contribution is -2.32. The maximum absolute atomic E-state index is 13.0. The van der Waals surface area contributed by atoms with E-state index in [1.54, 1.807) is 12.4 Å². The number of hydrogen-bond acceptors (Lipinski definition) is 3. The van der Waals surface area contributed by atoms with Crippen molar-refractivity contribution in [1.82, 2.24) is 15.2 Å². The van der Waals surface area contributed by atoms with Crippen molar-refractivity contribution in [2.24, 2.45) is 11.8 Å². The number of carbonyl (C=O) groups excluding carboxylic acids is 1. The average Bonchev–Trinajstić information content (AvgIpc) is 3.00. The standard InChI is InChI=1S/C20H22ClN3O.2ClH/c21-19-3-1-14(2-4-19)17-9-18(13-23-12-17)20(25)24-7-5-15-10-22-11-16(15)6-8-24;;/h1-4,9,12-13,15-16,22H,5-8,10-11H2;2*1H/t15-,16+;;. The highest BCUT2D eigenvalue weighted by Crippen LogP contribution is 2.28. The molecule has 27 heavy (non-hydrogen) atoms. The van der Waals surface area contributed by atoms with Crippen LogP contribution >= 0.6 is 36.4 Å². The summed E-state index contributed by atoms with van der Waals surface area (Å²) >= 11 is 5.96. The van der Waals surface area contributed by atoms with E-state index in [2.05, 4.69) is 10.3 Å². The van der Waals surface area contributed by atoms with E-state index in [1.807, 2.05) is 35.2 Å². The second-order valence-corrected chi connectivity index (χ2v) is 7.45. The molecule has 0 spiro atoms. The lowest BCUT2D eigenvalue weighted by molar-refractivity contribution is 0.0758. The minimum atomic E-state index is 0. The summed E-state index contributed by atoms with van der Waals surface area (Å²) in [6, 6.07) is 9.55. The van der Waals surface area contributed by atoms with Crippen LogP contribution in [-0.2, 0) is 0 Å². The molecule has 2 fully saturated rings. The van der Waals surface area contributed by atoms with Crippen LogP contribution < -0.4 is 5.32 Å². The Morgan fingerprint density at radius 3 is 2.26 bits per heavy atom. The summed E-state index contributed by atoms with van der Waals surface area (Å²) in [4.78, 5) is 19.2. The van der Waals surface area contributed by atoms with Crippen LogP contribution in [0.2, 0.25) is 5.02 Å². The Balaban J connectivity index is 0.00000131. The van der Waals surface area contributed by atoms with E-state index in [0.29, 0.717) is 10.6 Å². The number of amides is 1. The summed E-state index contributed by atoms with van der Waals surface area (Å²) in [5.74, 6) is 1.53. The SMILES string of the molecule is Cl.Cl.O=C(c1cncc(-c2ccc(Cl)cc2)c1)N1CC[C@@H]2CNC[C@@H]2CC1. The van der Waals surface area contributed by atoms with Crippen LogP contribution in [-0.4, -0.2) is 42.0 Å². The van der Waals surface area contributed by atoms with Crippen LogP contribution in [0, 0.1) is 11.8 Å². The molecule has 146 valence electrons. The topological polar surface area (TPSA) is 45.2 Å². The number of halogens is 3. The van der Waals surface area contributed by atoms with Crippen molar-refractivity contribution in [2.75, 3.05) is 26.2 Å². The van der Waals surface area contributed by atoms with Crippen LogP contribution in [0.25, 0.3) is 11.1 Å². The molecule has 1 amide bonds. The Kier molecular flexibility index (Phi) is 7.92. The van der Waals surface area contributed by atoms with E-state index < -0.39 is 0 Å². The summed E-state index contributed by atoms with van der Waals surface area (Å²) in [5, 5.41) is 4.18. The van der Waals surface area contributed by atoms with Crippen LogP contribution in [0.5, 0.6) is 0 Å². The molecule has 0 unspecified atom stereocenters. The van der Waals surface area contributed by atoms with Gasteiger partial charge >= 0.3 is 0 Å². The molecular formula is C20H24Cl3N3O. The molecule has 1 N–H and O–H groups in total. The highest BCUT2D eigenvalue weighted by molar-refractivity contribution is 6.30. The molecule has 4 rings (SSSR count). The Hall–Kier alpha value is -1.33. The number of likely N-dealkylation sites (tertiary alicyclic amines) is 1. The monoisotopic (exact) mass is 427 g/mol. The number of fused-ring (bicyclic) bond motifs is 1. The van der Waals surface area contributed by atoms with Crippen molar-refractivity contribution in [3.05, 3.63) is 53.3 Å². The first-order chi connectivity index (χ1) is 12.2. The smallest absolute Gasteiger partial charge is 0.255 e. The summed E-state index contributed by atoms with van der Waals surface area (Å²) in [6.07, 6.45) is 5.65. The van der Waals surface area contributed by atoms with Gasteiger partial charge in [-0.3, -0.25) is 9.78 Å². The van der Waals surface area contributed by atoms with Gasteiger partial charge in [0.1, 0.15) is 0 Å². The molecular weight excluding hydrogens is 405 g/mol. The van der Waals surface area contributed by atoms with E-state index in [9.17, 15) is 4.79 Å². The van der Waals surface area contributed by atoms with Gasteiger partial charge in [-0.05, 0) is 61.5 Å². The first kappa shape index (κ1) is 22.0. The van der Waals surface area contributed by atoms with E-state index in [4.69, 9.17) is 11.6 Å². The molecule has 1 aromatic carbocycles. The summed E-state index contributed by atoms with van der Waals surface area (Å²) < 4.78 is 0. The number of carbonyl (C=O) groups is 1. The zero-order chi connectivity index (χ0) is 17.2. The van der Waals surface area contributed by atoms with Gasteiger partial charge in [-0.2, -0.15) is 0 Å². The van der Waals surface area contributed by atoms with Gasteiger partial charge in [0.15, 0.2) is 0 Å². The molecule has 2 atom stereocenters. The third-order valence-corrected chi connectivity index (χ3v) is 5.72. The Morgan fingerprint density at radius 1 is 1.00 bits per heavy atom. The molecule has 0 radical (unpaired) electrons. The second-order valence-electron chi connectivity index (χ2n) is 7.02. The Labute approximate surface area is 177 Å². The van der Waals surface area contributed by atoms with Crippen molar-refractivity contribution in [3.8, 4) is 11.1 Å². The molecule has 7 heteroatoms. The van der Waals surface area contributed by atoms with Gasteiger partial charge in [0.05, 0.1) is 5.56 Å². The molecule has 0 aliphatic carbocycles. The maximum atomic E-state index is 13.0. The van der Waals surface area contributed by atoms with E-state index in [1.165, 1.54) is 0 Å². The first-order valence-corrected chi connectivity index (χ1v) is 9.29. The van der Waals surface area contributed by atoms with Gasteiger partial charge in [-0.25, -0.2) is 0 Å². The van der Waals surface area contributed by atoms with E-state index >= 15 is 0 Å². The molecule has 3 heterocycles. The number of nitrogens with zero attached hydrogens (tertiary/aromatic N) is 2. The fourth-order valence-electron chi connectivity index (χ4n) is 3.96. The van der Waals surface area contributed by atoms with Gasteiger partial charge in [0.25, 0.3) is 5.91 Å². The number of rotatable bonds is 2. The van der Waals surface area contributed by atoms with Gasteiger partial charge < -0.3 is 10.2 Å². The molecule has 2 saturated heterocycles. The van der Waals surface area contributed by atoms with E-state index in [-0.39, 0.29) is 30.7 Å². The molecule has 0 bridgehead atoms. The number of aromatic nitrogens is 1. The minimum Gasteiger partial charge on any atom is -0.339 e. The van der Waals surface area contributed by atoms with Crippen LogP contribution in [0.1, 0.15) is 23.2 Å². The normalized spacial score (nSPS) is 21.4. The molecule has 4 nitrogen and oxygen atoms in total. The Morgan fingerprint density at radius 2 is 1.63 bits per heavy atom. The quantitative estimate of drug-likeness (QED) is 0.775. The van der Waals surface area contributed by atoms with Crippen molar-refractivity contribution in [1.29, 1.82) is 0 Å². The van der Waals surface area contributed by atoms with Crippen molar-refractivity contribution >= 4 is 42.3 Å². The number of pyridine rings is 1. The predicted octanol–water partition coefficient (Wildman–Crippen LogP) is 4.32. The lowest BCUT2D eigenvalue weighted by Gasteiger charge is -2.21. The largest absolute Gasteiger partial charge is 0.339 e. The molecule has 0 saturated carbocycles. The van der Waals surface area contributed by atoms with Gasteiger partial charge in [0, 0.05) is 36.1 Å². The average molecular weight is 429 g/mol. The van der Waals surface area contributed by atoms with Gasteiger partial charge in [0.2, 0.25) is 0 Å². The lowest BCUT2D eigenvalue weighted by atomic mass is 9.92. The highest BCUT2D eigenvalue weighted by Gasteiger charge is 2.31. The minimum absolute atomic E-state index is 0. The van der Waals surface area contributed by atoms with Gasteiger partial charge in [-0.1, -0.05) is 23.7 Å². The summed E-state index contributed by atoms with van der Waals surface area (Å²) in [7, 11) is 0. The number of hydrogen-bond donors (Lipinski definition) is 1. The Bertz CT molecular complexity index is 755. The van der Waals surface area contributed by atoms with Crippen molar-refractivity contribution < 1.29 is 4.79 Å². The van der Waals surface area contributed by atoms with Crippen molar-refractivity contribution in [2.45, 2.75) is 12.8 Å². The van der Waals surface area contributed by atoms with Crippen molar-refractivity contribution in [3.63, 3.8) is 0 Å². The number of benzene rings is 1. The summed E-state index contributed by atoms with van der Waals surface area (Å²) in [5.41, 5.74) is 2.62. The molecule has 2 aromatic rings. The van der Waals surface area contributed by atoms with Crippen LogP contribution in [0.15, 0.2) is 42.7 Å². The van der Waals surface area contributed by atoms with Crippen LogP contribution in [0.3, 0.4) is 0 Å². The number of nitrogens with one attached hydrogen (secondary N) is 1. The van der Waals surface area contributed by atoms with Gasteiger partial charge in [-0.15, -0.1) is 24.8 Å². The zero-order valence-electron chi connectivity index (χ0n) is 14.9. The second kappa shape index (κ2) is 9.74. The molecule has 2 aliphatic heterocycles. The highest BCUT2D eigenvalue weighted by atomic mass is 35.5. The van der Waals surface area contributed by atoms with E-state index in [0.717, 1.165) is 62.0 Å². The fraction of sp³-hybridized carbons (Fsp3) is 0.400. The predicted molar refractivity (Wildman–Crippen MR) is 114 cm³/mol. The fourth-order valence-corrected chi connectivity index (χ4v) is 4.09. The molecule has 2 aliphatic rings. The first-order valence-electron chi connectivity index (χ1n) is 8.92. The molecule has 1 aromatic heterocycles. The zero-order valence-corrected chi connectivity index (χ0v) is 17.3. The third-order valence-electron chi connectivity index (χ3n) is 5.47.